The summed E-state index contributed by atoms with van der Waals surface area (Å²) in [6.07, 6.45) is -0.342. The van der Waals surface area contributed by atoms with Gasteiger partial charge in [0.05, 0.1) is 6.54 Å². The number of piperazine rings is 1. The fraction of sp³-hybridized carbons (Fsp3) is 0.286. The monoisotopic (exact) mass is 489 g/mol. The van der Waals surface area contributed by atoms with Crippen LogP contribution in [0.2, 0.25) is 0 Å². The topological polar surface area (TPSA) is 93.6 Å². The highest BCUT2D eigenvalue weighted by Crippen LogP contribution is 2.17. The van der Waals surface area contributed by atoms with E-state index in [0.717, 1.165) is 16.7 Å². The first kappa shape index (κ1) is 25.1. The average Bonchev–Trinajstić information content (AvgIpc) is 2.90. The van der Waals surface area contributed by atoms with E-state index >= 15 is 0 Å². The highest BCUT2D eigenvalue weighted by Gasteiger charge is 2.25. The number of carbonyl (C=O) groups is 2. The summed E-state index contributed by atoms with van der Waals surface area (Å²) in [4.78, 5) is 31.2. The van der Waals surface area contributed by atoms with Crippen molar-refractivity contribution < 1.29 is 24.5 Å². The molecular weight excluding hydrogens is 458 g/mol. The van der Waals surface area contributed by atoms with Gasteiger partial charge in [0.2, 0.25) is 5.91 Å². The van der Waals surface area contributed by atoms with E-state index in [-0.39, 0.29) is 36.7 Å². The summed E-state index contributed by atoms with van der Waals surface area (Å²) >= 11 is 0. The molecule has 0 spiro atoms. The maximum Gasteiger partial charge on any atom is 0.410 e. The van der Waals surface area contributed by atoms with Crippen LogP contribution in [0.15, 0.2) is 78.9 Å². The molecule has 188 valence electrons. The zero-order valence-corrected chi connectivity index (χ0v) is 20.1. The molecule has 0 saturated carbocycles. The minimum atomic E-state index is -0.342. The van der Waals surface area contributed by atoms with Gasteiger partial charge in [0.15, 0.2) is 0 Å². The van der Waals surface area contributed by atoms with Crippen LogP contribution in [0.1, 0.15) is 16.7 Å². The average molecular weight is 490 g/mol. The Kier molecular flexibility index (Phi) is 8.41. The molecule has 1 heterocycles. The number of carbonyl (C=O) groups excluding carboxylic acids is 2. The minimum absolute atomic E-state index is 0.0312. The lowest BCUT2D eigenvalue weighted by atomic mass is 10.1. The number of aromatic hydroxyl groups is 2. The van der Waals surface area contributed by atoms with Crippen molar-refractivity contribution in [1.29, 1.82) is 0 Å². The third kappa shape index (κ3) is 7.23. The van der Waals surface area contributed by atoms with Crippen molar-refractivity contribution in [3.63, 3.8) is 0 Å². The summed E-state index contributed by atoms with van der Waals surface area (Å²) in [6.45, 7) is 3.42. The molecule has 3 aromatic rings. The van der Waals surface area contributed by atoms with Crippen LogP contribution in [-0.4, -0.2) is 69.6 Å². The first-order chi connectivity index (χ1) is 17.5. The van der Waals surface area contributed by atoms with Crippen molar-refractivity contribution in [2.45, 2.75) is 19.7 Å². The third-order valence-electron chi connectivity index (χ3n) is 6.17. The molecule has 1 aliphatic rings. The summed E-state index contributed by atoms with van der Waals surface area (Å²) in [5.41, 5.74) is 2.76. The van der Waals surface area contributed by atoms with Crippen LogP contribution in [0, 0.1) is 0 Å². The number of amides is 2. The quantitative estimate of drug-likeness (QED) is 0.503. The number of hydrogen-bond donors (Lipinski definition) is 2. The molecule has 0 bridgehead atoms. The molecule has 0 aromatic heterocycles. The minimum Gasteiger partial charge on any atom is -0.508 e. The molecule has 0 atom stereocenters. The molecule has 1 saturated heterocycles. The zero-order chi connectivity index (χ0) is 25.3. The van der Waals surface area contributed by atoms with E-state index in [4.69, 9.17) is 4.74 Å². The number of benzene rings is 3. The van der Waals surface area contributed by atoms with Crippen LogP contribution < -0.4 is 0 Å². The normalized spacial score (nSPS) is 13.8. The van der Waals surface area contributed by atoms with E-state index in [2.05, 4.69) is 0 Å². The van der Waals surface area contributed by atoms with Crippen LogP contribution in [0.3, 0.4) is 0 Å². The predicted molar refractivity (Wildman–Crippen MR) is 135 cm³/mol. The lowest BCUT2D eigenvalue weighted by Gasteiger charge is -2.35. The highest BCUT2D eigenvalue weighted by atomic mass is 16.6. The van der Waals surface area contributed by atoms with Gasteiger partial charge in [-0.15, -0.1) is 0 Å². The molecule has 36 heavy (non-hydrogen) atoms. The van der Waals surface area contributed by atoms with Crippen molar-refractivity contribution in [2.75, 3.05) is 32.7 Å². The summed E-state index contributed by atoms with van der Waals surface area (Å²) in [5, 5.41) is 19.2. The third-order valence-corrected chi connectivity index (χ3v) is 6.17. The van der Waals surface area contributed by atoms with E-state index in [1.54, 1.807) is 58.3 Å². The van der Waals surface area contributed by atoms with E-state index in [0.29, 0.717) is 39.3 Å². The maximum atomic E-state index is 13.3. The first-order valence-corrected chi connectivity index (χ1v) is 12.0. The molecule has 2 amide bonds. The Morgan fingerprint density at radius 1 is 0.722 bits per heavy atom. The fourth-order valence-corrected chi connectivity index (χ4v) is 4.07. The molecule has 1 fully saturated rings. The summed E-state index contributed by atoms with van der Waals surface area (Å²) < 4.78 is 5.43. The van der Waals surface area contributed by atoms with E-state index in [9.17, 15) is 19.8 Å². The summed E-state index contributed by atoms with van der Waals surface area (Å²) in [7, 11) is 0. The van der Waals surface area contributed by atoms with Crippen molar-refractivity contribution >= 4 is 12.0 Å². The van der Waals surface area contributed by atoms with Gasteiger partial charge in [0.25, 0.3) is 0 Å². The zero-order valence-electron chi connectivity index (χ0n) is 20.1. The molecule has 1 aliphatic heterocycles. The molecule has 4 rings (SSSR count). The molecule has 8 nitrogen and oxygen atoms in total. The van der Waals surface area contributed by atoms with Gasteiger partial charge in [-0.3, -0.25) is 9.69 Å². The Labute approximate surface area is 210 Å². The van der Waals surface area contributed by atoms with Crippen LogP contribution >= 0.6 is 0 Å². The van der Waals surface area contributed by atoms with Gasteiger partial charge >= 0.3 is 6.09 Å². The van der Waals surface area contributed by atoms with E-state index in [1.807, 2.05) is 35.2 Å². The van der Waals surface area contributed by atoms with Crippen molar-refractivity contribution in [3.05, 3.63) is 95.6 Å². The van der Waals surface area contributed by atoms with E-state index < -0.39 is 0 Å². The molecule has 3 aromatic carbocycles. The van der Waals surface area contributed by atoms with Crippen LogP contribution in [-0.2, 0) is 29.2 Å². The van der Waals surface area contributed by atoms with Crippen molar-refractivity contribution in [2.24, 2.45) is 0 Å². The van der Waals surface area contributed by atoms with Gasteiger partial charge in [0, 0.05) is 39.3 Å². The van der Waals surface area contributed by atoms with Crippen LogP contribution in [0.25, 0.3) is 0 Å². The van der Waals surface area contributed by atoms with Gasteiger partial charge in [-0.25, -0.2) is 4.79 Å². The summed E-state index contributed by atoms with van der Waals surface area (Å²) in [6, 6.07) is 23.2. The number of ether oxygens (including phenoxy) is 1. The number of phenols is 2. The molecule has 0 radical (unpaired) electrons. The van der Waals surface area contributed by atoms with Gasteiger partial charge in [-0.1, -0.05) is 54.6 Å². The molecule has 8 heteroatoms. The summed E-state index contributed by atoms with van der Waals surface area (Å²) in [5.74, 6) is 0.321. The number of phenolic OH excluding ortho intramolecular Hbond substituents is 2. The lowest BCUT2D eigenvalue weighted by molar-refractivity contribution is -0.134. The molecule has 0 unspecified atom stereocenters. The standard InChI is InChI=1S/C28H31N3O5/c32-25-10-6-22(7-11-25)18-31(19-23-8-12-26(33)13-9-23)27(34)20-29-14-16-30(17-15-29)28(35)36-21-24-4-2-1-3-5-24/h1-13,32-33H,14-21H2. The van der Waals surface area contributed by atoms with Gasteiger partial charge in [0.1, 0.15) is 18.1 Å². The highest BCUT2D eigenvalue weighted by molar-refractivity contribution is 5.78. The second-order valence-electron chi connectivity index (χ2n) is 8.89. The SMILES string of the molecule is O=C(CN1CCN(C(=O)OCc2ccccc2)CC1)N(Cc1ccc(O)cc1)Cc1ccc(O)cc1. The Balaban J connectivity index is 1.31. The second kappa shape index (κ2) is 12.1. The Bertz CT molecular complexity index is 1080. The lowest BCUT2D eigenvalue weighted by Crippen LogP contribution is -2.51. The van der Waals surface area contributed by atoms with E-state index in [1.165, 1.54) is 0 Å². The second-order valence-corrected chi connectivity index (χ2v) is 8.89. The number of rotatable bonds is 8. The maximum absolute atomic E-state index is 13.3. The molecular formula is C28H31N3O5. The first-order valence-electron chi connectivity index (χ1n) is 12.0. The molecule has 0 aliphatic carbocycles. The van der Waals surface area contributed by atoms with Crippen LogP contribution in [0.4, 0.5) is 4.79 Å². The number of hydrogen-bond acceptors (Lipinski definition) is 6. The van der Waals surface area contributed by atoms with Crippen molar-refractivity contribution in [3.8, 4) is 11.5 Å². The van der Waals surface area contributed by atoms with Crippen molar-refractivity contribution in [1.82, 2.24) is 14.7 Å². The fourth-order valence-electron chi connectivity index (χ4n) is 4.07. The Morgan fingerprint density at radius 2 is 1.25 bits per heavy atom. The smallest absolute Gasteiger partial charge is 0.410 e. The molecule has 2 N–H and O–H groups in total. The van der Waals surface area contributed by atoms with Crippen LogP contribution in [0.5, 0.6) is 11.5 Å². The van der Waals surface area contributed by atoms with Gasteiger partial charge in [-0.05, 0) is 41.0 Å². The largest absolute Gasteiger partial charge is 0.508 e. The number of nitrogens with zero attached hydrogens (tertiary/aromatic N) is 3. The predicted octanol–water partition coefficient (Wildman–Crippen LogP) is 3.58. The Morgan fingerprint density at radius 3 is 1.78 bits per heavy atom. The Hall–Kier alpha value is -4.04. The van der Waals surface area contributed by atoms with Gasteiger partial charge in [-0.2, -0.15) is 0 Å². The van der Waals surface area contributed by atoms with Gasteiger partial charge < -0.3 is 24.7 Å².